The largest absolute Gasteiger partial charge is 0.299 e. The minimum absolute atomic E-state index is 0.109. The summed E-state index contributed by atoms with van der Waals surface area (Å²) in [5.41, 5.74) is 6.05. The fourth-order valence-electron chi connectivity index (χ4n) is 3.49. The molecule has 0 unspecified atom stereocenters. The lowest BCUT2D eigenvalue weighted by molar-refractivity contribution is 0.101. The van der Waals surface area contributed by atoms with Gasteiger partial charge in [-0.3, -0.25) is 9.69 Å². The number of benzene rings is 2. The Morgan fingerprint density at radius 1 is 0.960 bits per heavy atom. The highest BCUT2D eigenvalue weighted by molar-refractivity contribution is 5.94. The predicted molar refractivity (Wildman–Crippen MR) is 105 cm³/mol. The minimum atomic E-state index is 0.109. The van der Waals surface area contributed by atoms with Gasteiger partial charge in [0.25, 0.3) is 0 Å². The molecule has 3 rings (SSSR count). The molecule has 2 aromatic carbocycles. The van der Waals surface area contributed by atoms with Crippen molar-refractivity contribution >= 4 is 11.4 Å². The lowest BCUT2D eigenvalue weighted by atomic mass is 9.88. The molecule has 1 aliphatic heterocycles. The summed E-state index contributed by atoms with van der Waals surface area (Å²) in [4.78, 5) is 14.0. The van der Waals surface area contributed by atoms with Gasteiger partial charge in [-0.15, -0.1) is 6.58 Å². The predicted octanol–water partition coefficient (Wildman–Crippen LogP) is 4.97. The highest BCUT2D eigenvalue weighted by atomic mass is 16.1. The van der Waals surface area contributed by atoms with Gasteiger partial charge in [0, 0.05) is 25.2 Å². The maximum atomic E-state index is 11.6. The highest BCUT2D eigenvalue weighted by Crippen LogP contribution is 2.32. The number of hydrogen-bond donors (Lipinski definition) is 0. The molecule has 1 saturated heterocycles. The van der Waals surface area contributed by atoms with Crippen molar-refractivity contribution in [2.45, 2.75) is 19.8 Å². The molecule has 0 aromatic heterocycles. The van der Waals surface area contributed by atoms with Gasteiger partial charge in [0.2, 0.25) is 0 Å². The Morgan fingerprint density at radius 3 is 2.08 bits per heavy atom. The standard InChI is InChI=1S/C23H25NO/c1-3-15-24-16-13-22(14-17-24)23(20-7-5-4-6-8-20)21-11-9-19(10-12-21)18(2)25/h3-12H,1,13-17H2,2H3. The van der Waals surface area contributed by atoms with Gasteiger partial charge in [0.1, 0.15) is 0 Å². The topological polar surface area (TPSA) is 20.3 Å². The number of rotatable bonds is 5. The molecule has 0 radical (unpaired) electrons. The van der Waals surface area contributed by atoms with E-state index < -0.39 is 0 Å². The maximum absolute atomic E-state index is 11.6. The number of ketones is 1. The second-order valence-electron chi connectivity index (χ2n) is 6.57. The van der Waals surface area contributed by atoms with Crippen LogP contribution in [0.3, 0.4) is 0 Å². The number of carbonyl (C=O) groups is 1. The quantitative estimate of drug-likeness (QED) is 0.569. The summed E-state index contributed by atoms with van der Waals surface area (Å²) in [6.45, 7) is 8.56. The zero-order chi connectivity index (χ0) is 17.6. The van der Waals surface area contributed by atoms with Crippen LogP contribution >= 0.6 is 0 Å². The Morgan fingerprint density at radius 2 is 1.52 bits per heavy atom. The number of piperidine rings is 1. The second-order valence-corrected chi connectivity index (χ2v) is 6.57. The molecule has 1 heterocycles. The lowest BCUT2D eigenvalue weighted by Crippen LogP contribution is -2.31. The van der Waals surface area contributed by atoms with Gasteiger partial charge in [-0.1, -0.05) is 66.2 Å². The average Bonchev–Trinajstić information content (AvgIpc) is 2.65. The van der Waals surface area contributed by atoms with E-state index in [0.717, 1.165) is 38.0 Å². The Balaban J connectivity index is 1.98. The maximum Gasteiger partial charge on any atom is 0.159 e. The van der Waals surface area contributed by atoms with Crippen LogP contribution in [0.4, 0.5) is 0 Å². The van der Waals surface area contributed by atoms with Gasteiger partial charge in [-0.05, 0) is 36.5 Å². The van der Waals surface area contributed by atoms with Gasteiger partial charge < -0.3 is 0 Å². The van der Waals surface area contributed by atoms with Crippen LogP contribution in [0.25, 0.3) is 5.57 Å². The molecule has 0 bridgehead atoms. The first kappa shape index (κ1) is 17.4. The monoisotopic (exact) mass is 331 g/mol. The molecule has 2 nitrogen and oxygen atoms in total. The molecule has 1 fully saturated rings. The first-order valence-electron chi connectivity index (χ1n) is 8.91. The molecule has 2 aromatic rings. The fourth-order valence-corrected chi connectivity index (χ4v) is 3.49. The SMILES string of the molecule is C=CCN1CCC(=C(c2ccccc2)c2ccc(C(C)=O)cc2)CC1. The summed E-state index contributed by atoms with van der Waals surface area (Å²) in [5.74, 6) is 0.109. The van der Waals surface area contributed by atoms with Crippen molar-refractivity contribution in [1.29, 1.82) is 0 Å². The zero-order valence-corrected chi connectivity index (χ0v) is 14.9. The van der Waals surface area contributed by atoms with Crippen molar-refractivity contribution in [3.63, 3.8) is 0 Å². The van der Waals surface area contributed by atoms with E-state index in [-0.39, 0.29) is 5.78 Å². The Bertz CT molecular complexity index is 761. The lowest BCUT2D eigenvalue weighted by Gasteiger charge is -2.29. The molecule has 0 saturated carbocycles. The molecule has 25 heavy (non-hydrogen) atoms. The first-order valence-corrected chi connectivity index (χ1v) is 8.91. The van der Waals surface area contributed by atoms with Crippen molar-refractivity contribution < 1.29 is 4.79 Å². The Hall–Kier alpha value is -2.45. The van der Waals surface area contributed by atoms with Crippen molar-refractivity contribution in [3.05, 3.63) is 89.5 Å². The van der Waals surface area contributed by atoms with Gasteiger partial charge in [0.15, 0.2) is 5.78 Å². The van der Waals surface area contributed by atoms with Crippen LogP contribution in [0.1, 0.15) is 41.3 Å². The number of likely N-dealkylation sites (tertiary alicyclic amines) is 1. The van der Waals surface area contributed by atoms with Gasteiger partial charge in [0.05, 0.1) is 0 Å². The van der Waals surface area contributed by atoms with Crippen LogP contribution < -0.4 is 0 Å². The van der Waals surface area contributed by atoms with E-state index in [9.17, 15) is 4.79 Å². The second kappa shape index (κ2) is 8.09. The van der Waals surface area contributed by atoms with E-state index in [1.165, 1.54) is 22.3 Å². The smallest absolute Gasteiger partial charge is 0.159 e. The van der Waals surface area contributed by atoms with Crippen LogP contribution in [-0.4, -0.2) is 30.3 Å². The summed E-state index contributed by atoms with van der Waals surface area (Å²) in [7, 11) is 0. The zero-order valence-electron chi connectivity index (χ0n) is 14.9. The molecule has 0 N–H and O–H groups in total. The Kier molecular flexibility index (Phi) is 5.62. The van der Waals surface area contributed by atoms with Crippen molar-refractivity contribution in [3.8, 4) is 0 Å². The van der Waals surface area contributed by atoms with Gasteiger partial charge in [-0.2, -0.15) is 0 Å². The Labute approximate surface area is 150 Å². The van der Waals surface area contributed by atoms with Crippen LogP contribution in [0.5, 0.6) is 0 Å². The third-order valence-electron chi connectivity index (χ3n) is 4.84. The molecular weight excluding hydrogens is 306 g/mol. The van der Waals surface area contributed by atoms with E-state index >= 15 is 0 Å². The summed E-state index contributed by atoms with van der Waals surface area (Å²) in [6.07, 6.45) is 4.13. The molecule has 2 heteroatoms. The van der Waals surface area contributed by atoms with Crippen LogP contribution in [0.15, 0.2) is 72.8 Å². The highest BCUT2D eigenvalue weighted by Gasteiger charge is 2.18. The molecule has 1 aliphatic rings. The molecule has 128 valence electrons. The molecular formula is C23H25NO. The van der Waals surface area contributed by atoms with E-state index in [1.807, 2.05) is 18.2 Å². The summed E-state index contributed by atoms with van der Waals surface area (Å²) in [6, 6.07) is 18.6. The third kappa shape index (κ3) is 4.15. The van der Waals surface area contributed by atoms with Crippen LogP contribution in [0, 0.1) is 0 Å². The molecule has 0 spiro atoms. The fraction of sp³-hybridized carbons (Fsp3) is 0.261. The number of hydrogen-bond acceptors (Lipinski definition) is 2. The first-order chi connectivity index (χ1) is 12.2. The minimum Gasteiger partial charge on any atom is -0.299 e. The van der Waals surface area contributed by atoms with Crippen molar-refractivity contribution in [2.24, 2.45) is 0 Å². The summed E-state index contributed by atoms with van der Waals surface area (Å²) >= 11 is 0. The van der Waals surface area contributed by atoms with Gasteiger partial charge >= 0.3 is 0 Å². The van der Waals surface area contributed by atoms with E-state index in [2.05, 4.69) is 53.9 Å². The van der Waals surface area contributed by atoms with Gasteiger partial charge in [-0.25, -0.2) is 0 Å². The summed E-state index contributed by atoms with van der Waals surface area (Å²) < 4.78 is 0. The third-order valence-corrected chi connectivity index (χ3v) is 4.84. The normalized spacial score (nSPS) is 15.0. The number of nitrogens with zero attached hydrogens (tertiary/aromatic N) is 1. The van der Waals surface area contributed by atoms with Crippen molar-refractivity contribution in [1.82, 2.24) is 4.90 Å². The van der Waals surface area contributed by atoms with E-state index in [0.29, 0.717) is 0 Å². The van der Waals surface area contributed by atoms with Crippen molar-refractivity contribution in [2.75, 3.05) is 19.6 Å². The van der Waals surface area contributed by atoms with Crippen LogP contribution in [-0.2, 0) is 0 Å². The molecule has 0 atom stereocenters. The molecule has 0 aliphatic carbocycles. The van der Waals surface area contributed by atoms with Crippen LogP contribution in [0.2, 0.25) is 0 Å². The van der Waals surface area contributed by atoms with E-state index in [4.69, 9.17) is 0 Å². The number of Topliss-reactive ketones (excluding diaryl/α,β-unsaturated/α-hetero) is 1. The van der Waals surface area contributed by atoms with E-state index in [1.54, 1.807) is 6.92 Å². The molecule has 0 amide bonds. The average molecular weight is 331 g/mol. The summed E-state index contributed by atoms with van der Waals surface area (Å²) in [5, 5.41) is 0. The number of carbonyl (C=O) groups excluding carboxylic acids is 1.